The molecule has 1 aromatic rings. The molecule has 1 heterocycles. The number of nitrogens with one attached hydrogen (secondary N) is 1. The minimum Gasteiger partial charge on any atom is -0.494 e. The highest BCUT2D eigenvalue weighted by Gasteiger charge is 2.22. The average molecular weight is 335 g/mol. The lowest BCUT2D eigenvalue weighted by Gasteiger charge is -2.13. The highest BCUT2D eigenvalue weighted by atomic mass is 16.5. The van der Waals surface area contributed by atoms with E-state index in [0.29, 0.717) is 32.4 Å². The zero-order valence-electron chi connectivity index (χ0n) is 14.3. The molecular formula is C18H25NO5. The molecule has 6 heteroatoms. The van der Waals surface area contributed by atoms with Gasteiger partial charge in [0.05, 0.1) is 6.61 Å². The third-order valence-corrected chi connectivity index (χ3v) is 3.90. The van der Waals surface area contributed by atoms with Gasteiger partial charge in [-0.2, -0.15) is 0 Å². The summed E-state index contributed by atoms with van der Waals surface area (Å²) in [6, 6.07) is 3.94. The molecule has 0 radical (unpaired) electrons. The molecule has 1 atom stereocenters. The molecule has 132 valence electrons. The predicted octanol–water partition coefficient (Wildman–Crippen LogP) is 2.67. The molecule has 1 unspecified atom stereocenters. The van der Waals surface area contributed by atoms with Crippen LogP contribution in [0.25, 0.3) is 0 Å². The molecule has 2 N–H and O–H groups in total. The van der Waals surface area contributed by atoms with Gasteiger partial charge in [0.2, 0.25) is 5.91 Å². The van der Waals surface area contributed by atoms with Gasteiger partial charge in [-0.3, -0.25) is 9.59 Å². The lowest BCUT2D eigenvalue weighted by molar-refractivity contribution is -0.137. The number of carboxylic acid groups (broad SMARTS) is 1. The van der Waals surface area contributed by atoms with E-state index >= 15 is 0 Å². The summed E-state index contributed by atoms with van der Waals surface area (Å²) in [4.78, 5) is 22.3. The Labute approximate surface area is 142 Å². The first kappa shape index (κ1) is 18.1. The van der Waals surface area contributed by atoms with Crippen molar-refractivity contribution in [3.8, 4) is 11.5 Å². The van der Waals surface area contributed by atoms with E-state index in [1.165, 1.54) is 0 Å². The molecule has 0 aliphatic carbocycles. The lowest BCUT2D eigenvalue weighted by atomic mass is 10.1. The summed E-state index contributed by atoms with van der Waals surface area (Å²) >= 11 is 0. The summed E-state index contributed by atoms with van der Waals surface area (Å²) in [7, 11) is 0. The first-order valence-electron chi connectivity index (χ1n) is 8.43. The normalized spacial score (nSPS) is 15.5. The Bertz CT molecular complexity index is 599. The van der Waals surface area contributed by atoms with Gasteiger partial charge in [0.1, 0.15) is 17.6 Å². The summed E-state index contributed by atoms with van der Waals surface area (Å²) in [6.07, 6.45) is 2.54. The Morgan fingerprint density at radius 2 is 2.08 bits per heavy atom. The van der Waals surface area contributed by atoms with Crippen LogP contribution in [0, 0.1) is 0 Å². The first-order valence-corrected chi connectivity index (χ1v) is 8.43. The summed E-state index contributed by atoms with van der Waals surface area (Å²) in [6.45, 7) is 4.89. The summed E-state index contributed by atoms with van der Waals surface area (Å²) in [5.41, 5.74) is 2.03. The Morgan fingerprint density at radius 1 is 1.33 bits per heavy atom. The van der Waals surface area contributed by atoms with Crippen LogP contribution in [0.5, 0.6) is 11.5 Å². The summed E-state index contributed by atoms with van der Waals surface area (Å²) < 4.78 is 11.4. The standard InChI is InChI=1S/C18H25NO5/c1-3-23-15-9-13-8-12(2)24-16(13)10-14(15)11-19-17(20)6-4-5-7-18(21)22/h9-10,12H,3-8,11H2,1-2H3,(H,19,20)(H,21,22). The number of carboxylic acids is 1. The van der Waals surface area contributed by atoms with Crippen molar-refractivity contribution in [2.75, 3.05) is 6.61 Å². The van der Waals surface area contributed by atoms with Gasteiger partial charge in [-0.25, -0.2) is 0 Å². The fourth-order valence-electron chi connectivity index (χ4n) is 2.75. The highest BCUT2D eigenvalue weighted by molar-refractivity contribution is 5.76. The minimum atomic E-state index is -0.830. The Balaban J connectivity index is 1.90. The highest BCUT2D eigenvalue weighted by Crippen LogP contribution is 2.35. The Morgan fingerprint density at radius 3 is 2.79 bits per heavy atom. The van der Waals surface area contributed by atoms with Crippen molar-refractivity contribution < 1.29 is 24.2 Å². The SMILES string of the molecule is CCOc1cc2c(cc1CNC(=O)CCCCC(=O)O)OC(C)C2. The second-order valence-corrected chi connectivity index (χ2v) is 6.01. The predicted molar refractivity (Wildman–Crippen MR) is 89.4 cm³/mol. The average Bonchev–Trinajstić information content (AvgIpc) is 2.88. The largest absolute Gasteiger partial charge is 0.494 e. The molecule has 0 saturated heterocycles. The van der Waals surface area contributed by atoms with Crippen LogP contribution in [-0.2, 0) is 22.6 Å². The van der Waals surface area contributed by atoms with E-state index in [-0.39, 0.29) is 18.4 Å². The molecule has 2 rings (SSSR count). The molecule has 24 heavy (non-hydrogen) atoms. The van der Waals surface area contributed by atoms with Crippen molar-refractivity contribution in [1.82, 2.24) is 5.32 Å². The van der Waals surface area contributed by atoms with Gasteiger partial charge in [-0.15, -0.1) is 0 Å². The molecule has 1 aromatic carbocycles. The topological polar surface area (TPSA) is 84.9 Å². The fourth-order valence-corrected chi connectivity index (χ4v) is 2.75. The van der Waals surface area contributed by atoms with Crippen LogP contribution in [-0.4, -0.2) is 29.7 Å². The first-order chi connectivity index (χ1) is 11.5. The van der Waals surface area contributed by atoms with Crippen molar-refractivity contribution in [2.45, 2.75) is 58.6 Å². The van der Waals surface area contributed by atoms with E-state index in [1.54, 1.807) is 0 Å². The molecular weight excluding hydrogens is 310 g/mol. The van der Waals surface area contributed by atoms with Gasteiger partial charge < -0.3 is 19.9 Å². The second kappa shape index (κ2) is 8.57. The number of carbonyl (C=O) groups excluding carboxylic acids is 1. The molecule has 0 aromatic heterocycles. The minimum absolute atomic E-state index is 0.0855. The van der Waals surface area contributed by atoms with E-state index in [0.717, 1.165) is 29.0 Å². The third kappa shape index (κ3) is 5.15. The van der Waals surface area contributed by atoms with Crippen LogP contribution < -0.4 is 14.8 Å². The maximum Gasteiger partial charge on any atom is 0.303 e. The van der Waals surface area contributed by atoms with Gasteiger partial charge in [0.25, 0.3) is 0 Å². The zero-order chi connectivity index (χ0) is 17.5. The van der Waals surface area contributed by atoms with E-state index in [1.807, 2.05) is 26.0 Å². The van der Waals surface area contributed by atoms with E-state index in [2.05, 4.69) is 5.32 Å². The number of rotatable bonds is 9. The van der Waals surface area contributed by atoms with Gasteiger partial charge in [-0.05, 0) is 38.8 Å². The molecule has 0 spiro atoms. The van der Waals surface area contributed by atoms with Crippen LogP contribution in [0.4, 0.5) is 0 Å². The molecule has 1 aliphatic heterocycles. The molecule has 6 nitrogen and oxygen atoms in total. The summed E-state index contributed by atoms with van der Waals surface area (Å²) in [5, 5.41) is 11.4. The van der Waals surface area contributed by atoms with Gasteiger partial charge in [-0.1, -0.05) is 0 Å². The number of amides is 1. The van der Waals surface area contributed by atoms with E-state index in [9.17, 15) is 9.59 Å². The zero-order valence-corrected chi connectivity index (χ0v) is 14.3. The number of benzene rings is 1. The van der Waals surface area contributed by atoms with Gasteiger partial charge in [0.15, 0.2) is 0 Å². The van der Waals surface area contributed by atoms with Gasteiger partial charge >= 0.3 is 5.97 Å². The third-order valence-electron chi connectivity index (χ3n) is 3.90. The number of carbonyl (C=O) groups is 2. The number of hydrogen-bond donors (Lipinski definition) is 2. The molecule has 0 bridgehead atoms. The molecule has 0 fully saturated rings. The maximum atomic E-state index is 11.9. The van der Waals surface area contributed by atoms with E-state index in [4.69, 9.17) is 14.6 Å². The van der Waals surface area contributed by atoms with Crippen molar-refractivity contribution in [2.24, 2.45) is 0 Å². The number of fused-ring (bicyclic) bond motifs is 1. The molecule has 0 saturated carbocycles. The van der Waals surface area contributed by atoms with Crippen LogP contribution in [0.1, 0.15) is 50.7 Å². The maximum absolute atomic E-state index is 11.9. The van der Waals surface area contributed by atoms with Crippen molar-refractivity contribution >= 4 is 11.9 Å². The number of ether oxygens (including phenoxy) is 2. The number of aliphatic carboxylic acids is 1. The molecule has 1 aliphatic rings. The lowest BCUT2D eigenvalue weighted by Crippen LogP contribution is -2.22. The number of unbranched alkanes of at least 4 members (excludes halogenated alkanes) is 1. The van der Waals surface area contributed by atoms with Gasteiger partial charge in [0, 0.05) is 36.9 Å². The van der Waals surface area contributed by atoms with Crippen molar-refractivity contribution in [3.63, 3.8) is 0 Å². The Hall–Kier alpha value is -2.24. The quantitative estimate of drug-likeness (QED) is 0.678. The van der Waals surface area contributed by atoms with Crippen LogP contribution in [0.3, 0.4) is 0 Å². The van der Waals surface area contributed by atoms with Crippen LogP contribution >= 0.6 is 0 Å². The van der Waals surface area contributed by atoms with Crippen LogP contribution in [0.15, 0.2) is 12.1 Å². The molecule has 1 amide bonds. The van der Waals surface area contributed by atoms with Crippen LogP contribution in [0.2, 0.25) is 0 Å². The Kier molecular flexibility index (Phi) is 6.46. The summed E-state index contributed by atoms with van der Waals surface area (Å²) in [5.74, 6) is 0.721. The monoisotopic (exact) mass is 335 g/mol. The fraction of sp³-hybridized carbons (Fsp3) is 0.556. The van der Waals surface area contributed by atoms with Crippen molar-refractivity contribution in [3.05, 3.63) is 23.3 Å². The number of hydrogen-bond acceptors (Lipinski definition) is 4. The smallest absolute Gasteiger partial charge is 0.303 e. The second-order valence-electron chi connectivity index (χ2n) is 6.01. The van der Waals surface area contributed by atoms with Crippen molar-refractivity contribution in [1.29, 1.82) is 0 Å². The van der Waals surface area contributed by atoms with E-state index < -0.39 is 5.97 Å².